The van der Waals surface area contributed by atoms with Crippen molar-refractivity contribution in [1.29, 1.82) is 0 Å². The van der Waals surface area contributed by atoms with Gasteiger partial charge in [0.15, 0.2) is 11.5 Å². The number of hydrogen-bond donors (Lipinski definition) is 1. The molecule has 0 unspecified atom stereocenters. The number of para-hydroxylation sites is 1. The van der Waals surface area contributed by atoms with Crippen LogP contribution >= 0.6 is 0 Å². The van der Waals surface area contributed by atoms with Gasteiger partial charge in [-0.25, -0.2) is 0 Å². The third-order valence-corrected chi connectivity index (χ3v) is 4.31. The second-order valence-corrected chi connectivity index (χ2v) is 6.27. The van der Waals surface area contributed by atoms with Gasteiger partial charge in [0.1, 0.15) is 11.5 Å². The zero-order valence-electron chi connectivity index (χ0n) is 15.2. The first-order valence-electron chi connectivity index (χ1n) is 9.09. The molecule has 7 heteroatoms. The molecule has 3 aromatic rings. The molecule has 0 aliphatic carbocycles. The summed E-state index contributed by atoms with van der Waals surface area (Å²) in [5.74, 6) is 1.90. The Morgan fingerprint density at radius 1 is 0.893 bits per heavy atom. The molecule has 0 bridgehead atoms. The molecule has 7 nitrogen and oxygen atoms in total. The fourth-order valence-electron chi connectivity index (χ4n) is 2.83. The van der Waals surface area contributed by atoms with Crippen molar-refractivity contribution in [3.05, 3.63) is 72.4 Å². The summed E-state index contributed by atoms with van der Waals surface area (Å²) in [6.45, 7) is 2.90. The van der Waals surface area contributed by atoms with Gasteiger partial charge in [0.2, 0.25) is 0 Å². The van der Waals surface area contributed by atoms with Gasteiger partial charge in [-0.15, -0.1) is 10.2 Å². The number of carbonyl (C=O) groups excluding carboxylic acids is 1. The van der Waals surface area contributed by atoms with Crippen LogP contribution in [0.2, 0.25) is 0 Å². The highest BCUT2D eigenvalue weighted by molar-refractivity contribution is 6.02. The van der Waals surface area contributed by atoms with E-state index in [1.807, 2.05) is 36.4 Å². The maximum absolute atomic E-state index is 12.4. The van der Waals surface area contributed by atoms with Gasteiger partial charge in [-0.2, -0.15) is 0 Å². The van der Waals surface area contributed by atoms with E-state index in [0.717, 1.165) is 24.7 Å². The van der Waals surface area contributed by atoms with E-state index in [1.165, 1.54) is 0 Å². The van der Waals surface area contributed by atoms with Crippen molar-refractivity contribution in [2.75, 3.05) is 36.5 Å². The number of hydrogen-bond acceptors (Lipinski definition) is 6. The molecule has 1 aliphatic heterocycles. The molecule has 0 spiro atoms. The summed E-state index contributed by atoms with van der Waals surface area (Å²) in [5.41, 5.74) is 0.922. The minimum Gasteiger partial charge on any atom is -0.457 e. The Kier molecular flexibility index (Phi) is 5.44. The zero-order valence-corrected chi connectivity index (χ0v) is 15.2. The maximum atomic E-state index is 12.4. The molecule has 1 aliphatic rings. The number of benzene rings is 2. The first kappa shape index (κ1) is 17.9. The number of rotatable bonds is 5. The Hall–Kier alpha value is -3.45. The summed E-state index contributed by atoms with van der Waals surface area (Å²) in [7, 11) is 0. The van der Waals surface area contributed by atoms with Crippen LogP contribution in [0.25, 0.3) is 0 Å². The van der Waals surface area contributed by atoms with Crippen molar-refractivity contribution in [2.24, 2.45) is 0 Å². The standard InChI is InChI=1S/C21H20N4O3/c26-21(19-10-11-20(24-23-19)25-12-14-27-15-13-25)22-16-6-8-18(9-7-16)28-17-4-2-1-3-5-17/h1-11H,12-15H2,(H,22,26). The van der Waals surface area contributed by atoms with Crippen molar-refractivity contribution >= 4 is 17.4 Å². The Balaban J connectivity index is 1.36. The van der Waals surface area contributed by atoms with E-state index in [9.17, 15) is 4.79 Å². The van der Waals surface area contributed by atoms with Gasteiger partial charge in [-0.05, 0) is 48.5 Å². The van der Waals surface area contributed by atoms with Crippen LogP contribution in [0.15, 0.2) is 66.7 Å². The van der Waals surface area contributed by atoms with Gasteiger partial charge >= 0.3 is 0 Å². The third-order valence-electron chi connectivity index (χ3n) is 4.31. The van der Waals surface area contributed by atoms with E-state index >= 15 is 0 Å². The summed E-state index contributed by atoms with van der Waals surface area (Å²) in [6.07, 6.45) is 0. The van der Waals surface area contributed by atoms with Crippen LogP contribution in [0.5, 0.6) is 11.5 Å². The smallest absolute Gasteiger partial charge is 0.276 e. The van der Waals surface area contributed by atoms with Crippen LogP contribution in [-0.4, -0.2) is 42.4 Å². The second kappa shape index (κ2) is 8.49. The topological polar surface area (TPSA) is 76.6 Å². The molecule has 2 heterocycles. The molecule has 1 saturated heterocycles. The first-order valence-corrected chi connectivity index (χ1v) is 9.09. The molecule has 0 radical (unpaired) electrons. The number of carbonyl (C=O) groups is 1. The highest BCUT2D eigenvalue weighted by Crippen LogP contribution is 2.23. The van der Waals surface area contributed by atoms with Crippen LogP contribution in [-0.2, 0) is 4.74 Å². The van der Waals surface area contributed by atoms with Crippen molar-refractivity contribution in [3.63, 3.8) is 0 Å². The lowest BCUT2D eigenvalue weighted by molar-refractivity contribution is 0.102. The summed E-state index contributed by atoms with van der Waals surface area (Å²) in [5, 5.41) is 11.0. The third kappa shape index (κ3) is 4.44. The predicted octanol–water partition coefficient (Wildman–Crippen LogP) is 3.36. The fourth-order valence-corrected chi connectivity index (χ4v) is 2.83. The van der Waals surface area contributed by atoms with E-state index in [0.29, 0.717) is 24.7 Å². The van der Waals surface area contributed by atoms with Crippen molar-refractivity contribution in [2.45, 2.75) is 0 Å². The van der Waals surface area contributed by atoms with E-state index in [2.05, 4.69) is 20.4 Å². The summed E-state index contributed by atoms with van der Waals surface area (Å²) >= 11 is 0. The lowest BCUT2D eigenvalue weighted by Crippen LogP contribution is -2.37. The molecule has 28 heavy (non-hydrogen) atoms. The second-order valence-electron chi connectivity index (χ2n) is 6.27. The van der Waals surface area contributed by atoms with Crippen LogP contribution in [0.3, 0.4) is 0 Å². The van der Waals surface area contributed by atoms with Crippen LogP contribution in [0, 0.1) is 0 Å². The monoisotopic (exact) mass is 376 g/mol. The molecule has 0 atom stereocenters. The first-order chi connectivity index (χ1) is 13.8. The van der Waals surface area contributed by atoms with Gasteiger partial charge in [0.05, 0.1) is 13.2 Å². The highest BCUT2D eigenvalue weighted by atomic mass is 16.5. The van der Waals surface area contributed by atoms with E-state index in [1.54, 1.807) is 30.3 Å². The SMILES string of the molecule is O=C(Nc1ccc(Oc2ccccc2)cc1)c1ccc(N2CCOCC2)nn1. The fraction of sp³-hybridized carbons (Fsp3) is 0.190. The highest BCUT2D eigenvalue weighted by Gasteiger charge is 2.14. The van der Waals surface area contributed by atoms with Gasteiger partial charge in [0, 0.05) is 18.8 Å². The van der Waals surface area contributed by atoms with E-state index < -0.39 is 0 Å². The number of aromatic nitrogens is 2. The maximum Gasteiger partial charge on any atom is 0.276 e. The quantitative estimate of drug-likeness (QED) is 0.736. The lowest BCUT2D eigenvalue weighted by atomic mass is 10.2. The van der Waals surface area contributed by atoms with E-state index in [4.69, 9.17) is 9.47 Å². The largest absolute Gasteiger partial charge is 0.457 e. The van der Waals surface area contributed by atoms with Gasteiger partial charge < -0.3 is 19.7 Å². The predicted molar refractivity (Wildman–Crippen MR) is 106 cm³/mol. The van der Waals surface area contributed by atoms with Crippen LogP contribution in [0.1, 0.15) is 10.5 Å². The Bertz CT molecular complexity index is 909. The molecular weight excluding hydrogens is 356 g/mol. The van der Waals surface area contributed by atoms with Crippen molar-refractivity contribution in [1.82, 2.24) is 10.2 Å². The molecule has 0 saturated carbocycles. The number of morpholine rings is 1. The number of amides is 1. The number of anilines is 2. The molecule has 4 rings (SSSR count). The number of ether oxygens (including phenoxy) is 2. The normalized spacial score (nSPS) is 13.8. The van der Waals surface area contributed by atoms with Gasteiger partial charge in [-0.1, -0.05) is 18.2 Å². The summed E-state index contributed by atoms with van der Waals surface area (Å²) in [6, 6.07) is 20.2. The molecule has 1 N–H and O–H groups in total. The molecule has 2 aromatic carbocycles. The number of nitrogens with zero attached hydrogens (tertiary/aromatic N) is 3. The molecule has 1 fully saturated rings. The van der Waals surface area contributed by atoms with Gasteiger partial charge in [0.25, 0.3) is 5.91 Å². The zero-order chi connectivity index (χ0) is 19.2. The summed E-state index contributed by atoms with van der Waals surface area (Å²) < 4.78 is 11.1. The molecular formula is C21H20N4O3. The van der Waals surface area contributed by atoms with Crippen molar-refractivity contribution in [3.8, 4) is 11.5 Å². The average molecular weight is 376 g/mol. The molecule has 1 amide bonds. The summed E-state index contributed by atoms with van der Waals surface area (Å²) in [4.78, 5) is 14.5. The van der Waals surface area contributed by atoms with Crippen LogP contribution in [0.4, 0.5) is 11.5 Å². The molecule has 142 valence electrons. The molecule has 1 aromatic heterocycles. The Labute approximate surface area is 162 Å². The Morgan fingerprint density at radius 3 is 2.29 bits per heavy atom. The lowest BCUT2D eigenvalue weighted by Gasteiger charge is -2.27. The minimum absolute atomic E-state index is 0.265. The minimum atomic E-state index is -0.308. The number of nitrogens with one attached hydrogen (secondary N) is 1. The Morgan fingerprint density at radius 2 is 1.61 bits per heavy atom. The van der Waals surface area contributed by atoms with Crippen molar-refractivity contribution < 1.29 is 14.3 Å². The van der Waals surface area contributed by atoms with Crippen LogP contribution < -0.4 is 15.0 Å². The van der Waals surface area contributed by atoms with E-state index in [-0.39, 0.29) is 11.6 Å². The average Bonchev–Trinajstić information content (AvgIpc) is 2.76. The van der Waals surface area contributed by atoms with Gasteiger partial charge in [-0.3, -0.25) is 4.79 Å².